The minimum Gasteiger partial charge on any atom is -0.396 e. The number of nitrogens with two attached hydrogens (primary N) is 2. The fourth-order valence-electron chi connectivity index (χ4n) is 2.70. The van der Waals surface area contributed by atoms with Crippen molar-refractivity contribution in [3.63, 3.8) is 0 Å². The Morgan fingerprint density at radius 2 is 2.32 bits per heavy atom. The SMILES string of the molecule is CCN1CCCC1CNc1cccc(C(N)=O)c1N. The van der Waals surface area contributed by atoms with E-state index in [0.29, 0.717) is 17.3 Å². The molecule has 1 heterocycles. The molecule has 1 atom stereocenters. The summed E-state index contributed by atoms with van der Waals surface area (Å²) in [6, 6.07) is 5.87. The fourth-order valence-corrected chi connectivity index (χ4v) is 2.70. The number of carbonyl (C=O) groups excluding carboxylic acids is 1. The van der Waals surface area contributed by atoms with E-state index >= 15 is 0 Å². The number of hydrogen-bond acceptors (Lipinski definition) is 4. The highest BCUT2D eigenvalue weighted by Gasteiger charge is 2.22. The summed E-state index contributed by atoms with van der Waals surface area (Å²) in [6.07, 6.45) is 2.45. The summed E-state index contributed by atoms with van der Waals surface area (Å²) in [4.78, 5) is 13.7. The van der Waals surface area contributed by atoms with Crippen LogP contribution in [-0.4, -0.2) is 36.5 Å². The first-order valence-corrected chi connectivity index (χ1v) is 6.79. The summed E-state index contributed by atoms with van der Waals surface area (Å²) in [7, 11) is 0. The molecule has 0 radical (unpaired) electrons. The zero-order valence-corrected chi connectivity index (χ0v) is 11.4. The van der Waals surface area contributed by atoms with Crippen LogP contribution in [0.25, 0.3) is 0 Å². The highest BCUT2D eigenvalue weighted by atomic mass is 16.1. The number of para-hydroxylation sites is 1. The van der Waals surface area contributed by atoms with Crippen molar-refractivity contribution >= 4 is 17.3 Å². The van der Waals surface area contributed by atoms with Gasteiger partial charge in [0.05, 0.1) is 16.9 Å². The molecule has 1 aromatic rings. The predicted molar refractivity (Wildman–Crippen MR) is 78.1 cm³/mol. The number of primary amides is 1. The van der Waals surface area contributed by atoms with Crippen molar-refractivity contribution in [2.24, 2.45) is 5.73 Å². The molecule has 1 amide bonds. The number of benzene rings is 1. The Morgan fingerprint density at radius 1 is 1.53 bits per heavy atom. The monoisotopic (exact) mass is 262 g/mol. The quantitative estimate of drug-likeness (QED) is 0.698. The number of nitrogens with zero attached hydrogens (tertiary/aromatic N) is 1. The number of amides is 1. The van der Waals surface area contributed by atoms with Gasteiger partial charge in [-0.25, -0.2) is 0 Å². The second kappa shape index (κ2) is 5.93. The Hall–Kier alpha value is -1.75. The molecule has 0 saturated carbocycles. The van der Waals surface area contributed by atoms with Gasteiger partial charge in [-0.2, -0.15) is 0 Å². The Bertz CT molecular complexity index is 461. The summed E-state index contributed by atoms with van der Waals surface area (Å²) in [5.41, 5.74) is 12.9. The number of likely N-dealkylation sites (N-methyl/N-ethyl adjacent to an activating group) is 1. The van der Waals surface area contributed by atoms with Gasteiger partial charge in [0.15, 0.2) is 0 Å². The van der Waals surface area contributed by atoms with Crippen molar-refractivity contribution in [2.45, 2.75) is 25.8 Å². The van der Waals surface area contributed by atoms with E-state index in [4.69, 9.17) is 11.5 Å². The van der Waals surface area contributed by atoms with Crippen molar-refractivity contribution < 1.29 is 4.79 Å². The van der Waals surface area contributed by atoms with Gasteiger partial charge in [0.1, 0.15) is 0 Å². The van der Waals surface area contributed by atoms with E-state index in [1.807, 2.05) is 6.07 Å². The normalized spacial score (nSPS) is 19.5. The summed E-state index contributed by atoms with van der Waals surface area (Å²) in [5, 5.41) is 3.34. The lowest BCUT2D eigenvalue weighted by Gasteiger charge is -2.24. The van der Waals surface area contributed by atoms with E-state index < -0.39 is 5.91 Å². The smallest absolute Gasteiger partial charge is 0.250 e. The molecule has 5 N–H and O–H groups in total. The summed E-state index contributed by atoms with van der Waals surface area (Å²) in [5.74, 6) is -0.489. The summed E-state index contributed by atoms with van der Waals surface area (Å²) < 4.78 is 0. The molecule has 2 rings (SSSR count). The lowest BCUT2D eigenvalue weighted by atomic mass is 10.1. The molecule has 1 aromatic carbocycles. The molecule has 0 aliphatic carbocycles. The van der Waals surface area contributed by atoms with Crippen LogP contribution in [0.1, 0.15) is 30.1 Å². The molecule has 104 valence electrons. The molecule has 19 heavy (non-hydrogen) atoms. The van der Waals surface area contributed by atoms with Crippen molar-refractivity contribution in [2.75, 3.05) is 30.7 Å². The molecule has 5 heteroatoms. The minimum atomic E-state index is -0.489. The molecular weight excluding hydrogens is 240 g/mol. The zero-order chi connectivity index (χ0) is 13.8. The third-order valence-electron chi connectivity index (χ3n) is 3.80. The van der Waals surface area contributed by atoms with Crippen LogP contribution >= 0.6 is 0 Å². The molecule has 1 saturated heterocycles. The number of nitrogen functional groups attached to an aromatic ring is 1. The summed E-state index contributed by atoms with van der Waals surface area (Å²) >= 11 is 0. The van der Waals surface area contributed by atoms with Crippen LogP contribution in [0.2, 0.25) is 0 Å². The number of hydrogen-bond donors (Lipinski definition) is 3. The molecule has 1 aliphatic heterocycles. The fraction of sp³-hybridized carbons (Fsp3) is 0.500. The molecule has 5 nitrogen and oxygen atoms in total. The average Bonchev–Trinajstić information content (AvgIpc) is 2.84. The average molecular weight is 262 g/mol. The van der Waals surface area contributed by atoms with Crippen LogP contribution in [0.3, 0.4) is 0 Å². The number of carbonyl (C=O) groups is 1. The van der Waals surface area contributed by atoms with Crippen LogP contribution in [0, 0.1) is 0 Å². The third kappa shape index (κ3) is 2.98. The van der Waals surface area contributed by atoms with Gasteiger partial charge >= 0.3 is 0 Å². The van der Waals surface area contributed by atoms with Gasteiger partial charge in [-0.15, -0.1) is 0 Å². The zero-order valence-electron chi connectivity index (χ0n) is 11.4. The van der Waals surface area contributed by atoms with Crippen LogP contribution < -0.4 is 16.8 Å². The van der Waals surface area contributed by atoms with E-state index in [0.717, 1.165) is 18.8 Å². The van der Waals surface area contributed by atoms with E-state index in [1.165, 1.54) is 19.4 Å². The maximum atomic E-state index is 11.2. The predicted octanol–water partition coefficient (Wildman–Crippen LogP) is 1.26. The molecule has 0 spiro atoms. The second-order valence-electron chi connectivity index (χ2n) is 4.94. The largest absolute Gasteiger partial charge is 0.396 e. The number of anilines is 2. The van der Waals surface area contributed by atoms with Gasteiger partial charge < -0.3 is 16.8 Å². The summed E-state index contributed by atoms with van der Waals surface area (Å²) in [6.45, 7) is 5.27. The lowest BCUT2D eigenvalue weighted by molar-refractivity contribution is 0.100. The van der Waals surface area contributed by atoms with Gasteiger partial charge in [0.2, 0.25) is 0 Å². The molecule has 1 fully saturated rings. The van der Waals surface area contributed by atoms with Gasteiger partial charge in [0.25, 0.3) is 5.91 Å². The Labute approximate surface area is 113 Å². The van der Waals surface area contributed by atoms with Crippen molar-refractivity contribution in [3.05, 3.63) is 23.8 Å². The highest BCUT2D eigenvalue weighted by molar-refractivity contribution is 6.00. The highest BCUT2D eigenvalue weighted by Crippen LogP contribution is 2.24. The van der Waals surface area contributed by atoms with Gasteiger partial charge in [-0.05, 0) is 38.1 Å². The number of rotatable bonds is 5. The Kier molecular flexibility index (Phi) is 4.27. The van der Waals surface area contributed by atoms with Gasteiger partial charge in [-0.3, -0.25) is 9.69 Å². The maximum absolute atomic E-state index is 11.2. The topological polar surface area (TPSA) is 84.4 Å². The van der Waals surface area contributed by atoms with Crippen LogP contribution in [0.15, 0.2) is 18.2 Å². The van der Waals surface area contributed by atoms with Gasteiger partial charge in [0, 0.05) is 12.6 Å². The van der Waals surface area contributed by atoms with Crippen molar-refractivity contribution in [1.29, 1.82) is 0 Å². The van der Waals surface area contributed by atoms with Crippen molar-refractivity contribution in [3.8, 4) is 0 Å². The standard InChI is InChI=1S/C14H22N4O/c1-2-18-8-4-5-10(18)9-17-12-7-3-6-11(13(12)15)14(16)19/h3,6-7,10,17H,2,4-5,8-9,15H2,1H3,(H2,16,19). The molecular formula is C14H22N4O. The first-order valence-electron chi connectivity index (χ1n) is 6.79. The minimum absolute atomic E-state index is 0.378. The van der Waals surface area contributed by atoms with Gasteiger partial charge in [-0.1, -0.05) is 13.0 Å². The second-order valence-corrected chi connectivity index (χ2v) is 4.94. The molecule has 0 bridgehead atoms. The lowest BCUT2D eigenvalue weighted by Crippen LogP contribution is -2.34. The Balaban J connectivity index is 2.03. The third-order valence-corrected chi connectivity index (χ3v) is 3.80. The van der Waals surface area contributed by atoms with E-state index in [-0.39, 0.29) is 0 Å². The Morgan fingerprint density at radius 3 is 3.00 bits per heavy atom. The number of likely N-dealkylation sites (tertiary alicyclic amines) is 1. The van der Waals surface area contributed by atoms with E-state index in [2.05, 4.69) is 17.1 Å². The van der Waals surface area contributed by atoms with Crippen LogP contribution in [0.5, 0.6) is 0 Å². The molecule has 0 aromatic heterocycles. The van der Waals surface area contributed by atoms with E-state index in [9.17, 15) is 4.79 Å². The van der Waals surface area contributed by atoms with Crippen LogP contribution in [0.4, 0.5) is 11.4 Å². The van der Waals surface area contributed by atoms with Crippen molar-refractivity contribution in [1.82, 2.24) is 4.90 Å². The molecule has 1 unspecified atom stereocenters. The maximum Gasteiger partial charge on any atom is 0.250 e. The van der Waals surface area contributed by atoms with Crippen LogP contribution in [-0.2, 0) is 0 Å². The van der Waals surface area contributed by atoms with E-state index in [1.54, 1.807) is 12.1 Å². The number of nitrogens with one attached hydrogen (secondary N) is 1. The first kappa shape index (κ1) is 13.7. The first-order chi connectivity index (χ1) is 9.13. The molecule has 1 aliphatic rings.